The summed E-state index contributed by atoms with van der Waals surface area (Å²) in [5.74, 6) is 0.926. The van der Waals surface area contributed by atoms with Crippen LogP contribution < -0.4 is 4.74 Å². The van der Waals surface area contributed by atoms with Gasteiger partial charge in [0.1, 0.15) is 5.75 Å². The fourth-order valence-electron chi connectivity index (χ4n) is 2.36. The lowest BCUT2D eigenvalue weighted by molar-refractivity contribution is 0.354. The standard InChI is InChI=1S/C15H10Br2Cl2O/c16-9-1-2-11(13(19)6-9)14(17)12-7-10(18)5-8-3-4-20-15(8)12/h1-2,5-7,14H,3-4H2. The molecule has 1 unspecified atom stereocenters. The van der Waals surface area contributed by atoms with Crippen molar-refractivity contribution in [3.8, 4) is 5.75 Å². The molecule has 1 nitrogen and oxygen atoms in total. The van der Waals surface area contributed by atoms with E-state index in [0.717, 1.165) is 38.4 Å². The van der Waals surface area contributed by atoms with Crippen molar-refractivity contribution in [3.63, 3.8) is 0 Å². The number of hydrogen-bond acceptors (Lipinski definition) is 1. The van der Waals surface area contributed by atoms with Crippen LogP contribution in [0.2, 0.25) is 10.0 Å². The predicted octanol–water partition coefficient (Wildman–Crippen LogP) is 6.18. The highest BCUT2D eigenvalue weighted by Crippen LogP contribution is 2.44. The van der Waals surface area contributed by atoms with E-state index in [1.165, 1.54) is 0 Å². The van der Waals surface area contributed by atoms with Gasteiger partial charge in [0.25, 0.3) is 0 Å². The molecule has 0 saturated heterocycles. The fraction of sp³-hybridized carbons (Fsp3) is 0.200. The summed E-state index contributed by atoms with van der Waals surface area (Å²) < 4.78 is 6.71. The number of hydrogen-bond donors (Lipinski definition) is 0. The monoisotopic (exact) mass is 434 g/mol. The number of rotatable bonds is 2. The van der Waals surface area contributed by atoms with Crippen LogP contribution in [0.5, 0.6) is 5.75 Å². The molecule has 0 aromatic heterocycles. The summed E-state index contributed by atoms with van der Waals surface area (Å²) in [7, 11) is 0. The van der Waals surface area contributed by atoms with E-state index < -0.39 is 0 Å². The van der Waals surface area contributed by atoms with Gasteiger partial charge in [-0.2, -0.15) is 0 Å². The topological polar surface area (TPSA) is 9.23 Å². The van der Waals surface area contributed by atoms with Crippen molar-refractivity contribution in [1.29, 1.82) is 0 Å². The summed E-state index contributed by atoms with van der Waals surface area (Å²) in [5, 5.41) is 1.43. The molecule has 0 spiro atoms. The fourth-order valence-corrected chi connectivity index (χ4v) is 4.26. The normalized spacial score (nSPS) is 14.8. The molecule has 0 bridgehead atoms. The molecule has 1 aliphatic rings. The highest BCUT2D eigenvalue weighted by Gasteiger charge is 2.24. The minimum Gasteiger partial charge on any atom is -0.493 e. The second-order valence-corrected chi connectivity index (χ2v) is 7.29. The second-order valence-electron chi connectivity index (χ2n) is 4.61. The molecule has 1 atom stereocenters. The van der Waals surface area contributed by atoms with Crippen LogP contribution in [0, 0.1) is 0 Å². The van der Waals surface area contributed by atoms with Crippen LogP contribution in [-0.4, -0.2) is 6.61 Å². The van der Waals surface area contributed by atoms with E-state index in [1.807, 2.05) is 30.3 Å². The van der Waals surface area contributed by atoms with Crippen molar-refractivity contribution in [2.75, 3.05) is 6.61 Å². The Morgan fingerprint density at radius 2 is 1.90 bits per heavy atom. The van der Waals surface area contributed by atoms with E-state index in [0.29, 0.717) is 11.6 Å². The van der Waals surface area contributed by atoms with Gasteiger partial charge >= 0.3 is 0 Å². The molecular formula is C15H10Br2Cl2O. The lowest BCUT2D eigenvalue weighted by Gasteiger charge is -2.16. The third-order valence-electron chi connectivity index (χ3n) is 3.29. The van der Waals surface area contributed by atoms with E-state index in [1.54, 1.807) is 0 Å². The molecule has 0 aliphatic carbocycles. The van der Waals surface area contributed by atoms with Crippen molar-refractivity contribution in [1.82, 2.24) is 0 Å². The molecule has 2 aromatic carbocycles. The number of alkyl halides is 1. The van der Waals surface area contributed by atoms with Gasteiger partial charge in [-0.25, -0.2) is 0 Å². The Bertz CT molecular complexity index is 673. The Hall–Kier alpha value is -0.220. The first kappa shape index (κ1) is 14.7. The van der Waals surface area contributed by atoms with E-state index in [2.05, 4.69) is 31.9 Å². The first-order valence-corrected chi connectivity index (χ1v) is 8.57. The van der Waals surface area contributed by atoms with Gasteiger partial charge in [0.15, 0.2) is 0 Å². The summed E-state index contributed by atoms with van der Waals surface area (Å²) in [6.07, 6.45) is 0.899. The smallest absolute Gasteiger partial charge is 0.127 e. The highest BCUT2D eigenvalue weighted by molar-refractivity contribution is 9.10. The molecule has 0 radical (unpaired) electrons. The Morgan fingerprint density at radius 1 is 1.10 bits per heavy atom. The molecule has 0 fully saturated rings. The summed E-state index contributed by atoms with van der Waals surface area (Å²) in [4.78, 5) is -0.0475. The van der Waals surface area contributed by atoms with Gasteiger partial charge in [0, 0.05) is 26.5 Å². The molecule has 0 saturated carbocycles. The molecule has 1 heterocycles. The molecule has 1 aliphatic heterocycles. The number of ether oxygens (including phenoxy) is 1. The minimum atomic E-state index is -0.0475. The number of halogens is 4. The average molecular weight is 437 g/mol. The number of fused-ring (bicyclic) bond motifs is 1. The van der Waals surface area contributed by atoms with Crippen molar-refractivity contribution in [3.05, 3.63) is 61.5 Å². The molecule has 0 N–H and O–H groups in total. The maximum absolute atomic E-state index is 6.33. The minimum absolute atomic E-state index is 0.0475. The molecule has 104 valence electrons. The van der Waals surface area contributed by atoms with Gasteiger partial charge in [-0.15, -0.1) is 0 Å². The van der Waals surface area contributed by atoms with E-state index >= 15 is 0 Å². The second kappa shape index (κ2) is 5.88. The Kier molecular flexibility index (Phi) is 4.32. The van der Waals surface area contributed by atoms with Crippen LogP contribution in [0.4, 0.5) is 0 Å². The van der Waals surface area contributed by atoms with Gasteiger partial charge in [0.05, 0.1) is 11.4 Å². The van der Waals surface area contributed by atoms with Crippen molar-refractivity contribution in [2.24, 2.45) is 0 Å². The summed E-state index contributed by atoms with van der Waals surface area (Å²) in [6.45, 7) is 0.705. The summed E-state index contributed by atoms with van der Waals surface area (Å²) in [5.41, 5.74) is 3.18. The Morgan fingerprint density at radius 3 is 2.65 bits per heavy atom. The van der Waals surface area contributed by atoms with Crippen molar-refractivity contribution >= 4 is 55.1 Å². The van der Waals surface area contributed by atoms with Crippen LogP contribution >= 0.6 is 55.1 Å². The predicted molar refractivity (Wildman–Crippen MR) is 90.6 cm³/mol. The van der Waals surface area contributed by atoms with Crippen LogP contribution in [-0.2, 0) is 6.42 Å². The Labute approximate surface area is 144 Å². The molecule has 5 heteroatoms. The first-order chi connectivity index (χ1) is 9.56. The first-order valence-electron chi connectivity index (χ1n) is 6.10. The lowest BCUT2D eigenvalue weighted by Crippen LogP contribution is -1.98. The highest BCUT2D eigenvalue weighted by atomic mass is 79.9. The SMILES string of the molecule is Clc1cc2c(c(C(Br)c3ccc(Br)cc3Cl)c1)OCC2. The van der Waals surface area contributed by atoms with Crippen LogP contribution in [0.25, 0.3) is 0 Å². The molecule has 20 heavy (non-hydrogen) atoms. The van der Waals surface area contributed by atoms with Crippen LogP contribution in [0.1, 0.15) is 21.5 Å². The maximum atomic E-state index is 6.33. The van der Waals surface area contributed by atoms with Crippen LogP contribution in [0.15, 0.2) is 34.8 Å². The van der Waals surface area contributed by atoms with Crippen molar-refractivity contribution in [2.45, 2.75) is 11.2 Å². The van der Waals surface area contributed by atoms with E-state index in [4.69, 9.17) is 27.9 Å². The average Bonchev–Trinajstić information content (AvgIpc) is 2.85. The largest absolute Gasteiger partial charge is 0.493 e. The zero-order valence-electron chi connectivity index (χ0n) is 10.3. The molecule has 3 rings (SSSR count). The van der Waals surface area contributed by atoms with E-state index in [9.17, 15) is 0 Å². The van der Waals surface area contributed by atoms with Crippen LogP contribution in [0.3, 0.4) is 0 Å². The molecule has 2 aromatic rings. The molecule has 0 amide bonds. The zero-order valence-corrected chi connectivity index (χ0v) is 15.0. The van der Waals surface area contributed by atoms with Gasteiger partial charge < -0.3 is 4.74 Å². The van der Waals surface area contributed by atoms with Gasteiger partial charge in [-0.1, -0.05) is 61.1 Å². The van der Waals surface area contributed by atoms with Gasteiger partial charge in [-0.3, -0.25) is 0 Å². The van der Waals surface area contributed by atoms with Gasteiger partial charge in [-0.05, 0) is 35.4 Å². The van der Waals surface area contributed by atoms with E-state index in [-0.39, 0.29) is 4.83 Å². The lowest BCUT2D eigenvalue weighted by atomic mass is 10.0. The maximum Gasteiger partial charge on any atom is 0.127 e. The number of benzene rings is 2. The Balaban J connectivity index is 2.09. The van der Waals surface area contributed by atoms with Gasteiger partial charge in [0.2, 0.25) is 0 Å². The zero-order chi connectivity index (χ0) is 14.3. The molecular weight excluding hydrogens is 427 g/mol. The quantitative estimate of drug-likeness (QED) is 0.511. The summed E-state index contributed by atoms with van der Waals surface area (Å²) in [6, 6.07) is 9.76. The van der Waals surface area contributed by atoms with Crippen molar-refractivity contribution < 1.29 is 4.74 Å². The third kappa shape index (κ3) is 2.74. The third-order valence-corrected chi connectivity index (χ3v) is 5.31. The summed E-state index contributed by atoms with van der Waals surface area (Å²) >= 11 is 19.7.